The van der Waals surface area contributed by atoms with Crippen LogP contribution in [0.2, 0.25) is 0 Å². The second-order valence-corrected chi connectivity index (χ2v) is 4.98. The maximum absolute atomic E-state index is 9.73. The monoisotopic (exact) mass is 218 g/mol. The van der Waals surface area contributed by atoms with Gasteiger partial charge in [0.2, 0.25) is 0 Å². The molecule has 88 valence electrons. The Labute approximate surface area is 89.2 Å². The van der Waals surface area contributed by atoms with E-state index < -0.39 is 24.4 Å². The van der Waals surface area contributed by atoms with Gasteiger partial charge in [-0.2, -0.15) is 0 Å². The van der Waals surface area contributed by atoms with Crippen molar-refractivity contribution in [1.29, 1.82) is 0 Å². The van der Waals surface area contributed by atoms with E-state index in [4.69, 9.17) is 0 Å². The molecule has 2 aliphatic heterocycles. The van der Waals surface area contributed by atoms with Crippen LogP contribution in [0, 0.1) is 0 Å². The second-order valence-electron chi connectivity index (χ2n) is 4.98. The Morgan fingerprint density at radius 3 is 1.53 bits per heavy atom. The van der Waals surface area contributed by atoms with Gasteiger partial charge in [0.1, 0.15) is 37.5 Å². The van der Waals surface area contributed by atoms with Crippen LogP contribution in [0.3, 0.4) is 0 Å². The summed E-state index contributed by atoms with van der Waals surface area (Å²) in [5, 5.41) is 38.6. The lowest BCUT2D eigenvalue weighted by Gasteiger charge is -2.35. The van der Waals surface area contributed by atoms with Crippen LogP contribution < -0.4 is 0 Å². The molecule has 0 aromatic carbocycles. The number of aliphatic hydroxyl groups is 4. The molecule has 1 spiro atoms. The highest BCUT2D eigenvalue weighted by atomic mass is 16.4. The highest BCUT2D eigenvalue weighted by Gasteiger charge is 2.46. The molecule has 4 atom stereocenters. The van der Waals surface area contributed by atoms with Crippen molar-refractivity contribution in [2.75, 3.05) is 26.2 Å². The van der Waals surface area contributed by atoms with Gasteiger partial charge in [0.05, 0.1) is 13.1 Å². The Morgan fingerprint density at radius 2 is 1.13 bits per heavy atom. The van der Waals surface area contributed by atoms with Crippen LogP contribution in [0.1, 0.15) is 12.8 Å². The molecule has 2 heterocycles. The Kier molecular flexibility index (Phi) is 3.00. The molecule has 2 rings (SSSR count). The Bertz CT molecular complexity index is 211. The average molecular weight is 218 g/mol. The molecule has 2 saturated heterocycles. The van der Waals surface area contributed by atoms with Gasteiger partial charge in [0, 0.05) is 12.8 Å². The number of aliphatic hydroxyl groups excluding tert-OH is 4. The first kappa shape index (κ1) is 11.3. The second kappa shape index (κ2) is 3.99. The predicted octanol–water partition coefficient (Wildman–Crippen LogP) is -1.95. The molecule has 0 unspecified atom stereocenters. The van der Waals surface area contributed by atoms with Crippen molar-refractivity contribution in [3.63, 3.8) is 0 Å². The van der Waals surface area contributed by atoms with Crippen LogP contribution >= 0.6 is 0 Å². The van der Waals surface area contributed by atoms with Crippen molar-refractivity contribution in [1.82, 2.24) is 0 Å². The minimum Gasteiger partial charge on any atom is -0.387 e. The summed E-state index contributed by atoms with van der Waals surface area (Å²) in [6.45, 7) is 2.73. The van der Waals surface area contributed by atoms with Gasteiger partial charge < -0.3 is 24.9 Å². The lowest BCUT2D eigenvalue weighted by Crippen LogP contribution is -2.52. The minimum atomic E-state index is -1.22. The Balaban J connectivity index is 2.17. The van der Waals surface area contributed by atoms with Crippen LogP contribution in [-0.4, -0.2) is 75.5 Å². The minimum absolute atomic E-state index is 0.440. The van der Waals surface area contributed by atoms with E-state index in [1.165, 1.54) is 0 Å². The van der Waals surface area contributed by atoms with Crippen molar-refractivity contribution in [3.05, 3.63) is 0 Å². The van der Waals surface area contributed by atoms with E-state index in [9.17, 15) is 20.4 Å². The van der Waals surface area contributed by atoms with Crippen molar-refractivity contribution in [2.24, 2.45) is 0 Å². The predicted molar refractivity (Wildman–Crippen MR) is 53.0 cm³/mol. The highest BCUT2D eigenvalue weighted by molar-refractivity contribution is 4.85. The van der Waals surface area contributed by atoms with E-state index in [1.54, 1.807) is 0 Å². The third-order valence-corrected chi connectivity index (χ3v) is 3.80. The van der Waals surface area contributed by atoms with Crippen LogP contribution in [0.15, 0.2) is 0 Å². The molecule has 5 heteroatoms. The first-order valence-corrected chi connectivity index (χ1v) is 5.61. The van der Waals surface area contributed by atoms with Crippen molar-refractivity contribution >= 4 is 0 Å². The quantitative estimate of drug-likeness (QED) is 0.356. The lowest BCUT2D eigenvalue weighted by atomic mass is 10.1. The third kappa shape index (κ3) is 2.03. The Morgan fingerprint density at radius 1 is 0.733 bits per heavy atom. The standard InChI is InChI=1S/C10H20NO4/c12-7-5-11(3-1-2-4-11)6-8(13)10(15)9(7)14/h7-10,12-15H,1-6H2/q+1/t7-,8+,9-,10-/m1/s1. The number of rotatable bonds is 0. The molecule has 2 aliphatic rings. The topological polar surface area (TPSA) is 80.9 Å². The van der Waals surface area contributed by atoms with E-state index in [-0.39, 0.29) is 0 Å². The summed E-state index contributed by atoms with van der Waals surface area (Å²) in [6, 6.07) is 0. The molecule has 5 nitrogen and oxygen atoms in total. The van der Waals surface area contributed by atoms with Gasteiger partial charge >= 0.3 is 0 Å². The first-order valence-electron chi connectivity index (χ1n) is 5.61. The Hall–Kier alpha value is -0.200. The summed E-state index contributed by atoms with van der Waals surface area (Å²) in [6.07, 6.45) is -2.14. The smallest absolute Gasteiger partial charge is 0.131 e. The van der Waals surface area contributed by atoms with Crippen LogP contribution in [0.5, 0.6) is 0 Å². The fourth-order valence-corrected chi connectivity index (χ4v) is 2.91. The van der Waals surface area contributed by atoms with E-state index in [0.29, 0.717) is 17.6 Å². The molecule has 4 N–H and O–H groups in total. The van der Waals surface area contributed by atoms with Gasteiger partial charge in [-0.3, -0.25) is 0 Å². The molecule has 0 amide bonds. The summed E-state index contributed by atoms with van der Waals surface area (Å²) in [7, 11) is 0. The first-order chi connectivity index (χ1) is 7.04. The maximum Gasteiger partial charge on any atom is 0.131 e. The summed E-state index contributed by atoms with van der Waals surface area (Å²) < 4.78 is 0.635. The summed E-state index contributed by atoms with van der Waals surface area (Å²) in [5.41, 5.74) is 0. The molecule has 0 aliphatic carbocycles. The largest absolute Gasteiger partial charge is 0.387 e. The maximum atomic E-state index is 9.73. The van der Waals surface area contributed by atoms with E-state index in [0.717, 1.165) is 25.9 Å². The van der Waals surface area contributed by atoms with E-state index in [1.807, 2.05) is 0 Å². The molecule has 0 aromatic heterocycles. The van der Waals surface area contributed by atoms with Gasteiger partial charge in [0.25, 0.3) is 0 Å². The number of hydrogen-bond acceptors (Lipinski definition) is 4. The zero-order valence-electron chi connectivity index (χ0n) is 8.79. The van der Waals surface area contributed by atoms with Crippen molar-refractivity contribution in [3.8, 4) is 0 Å². The number of hydrogen-bond donors (Lipinski definition) is 4. The fraction of sp³-hybridized carbons (Fsp3) is 1.00. The van der Waals surface area contributed by atoms with Gasteiger partial charge in [-0.15, -0.1) is 0 Å². The molecule has 2 fully saturated rings. The zero-order chi connectivity index (χ0) is 11.1. The average Bonchev–Trinajstić information content (AvgIpc) is 2.60. The number of quaternary nitrogens is 1. The normalized spacial score (nSPS) is 45.6. The molecule has 0 saturated carbocycles. The highest BCUT2D eigenvalue weighted by Crippen LogP contribution is 2.26. The molecular weight excluding hydrogens is 198 g/mol. The summed E-state index contributed by atoms with van der Waals surface area (Å²) >= 11 is 0. The molecule has 0 bridgehead atoms. The summed E-state index contributed by atoms with van der Waals surface area (Å²) in [5.74, 6) is 0. The van der Waals surface area contributed by atoms with Gasteiger partial charge in [-0.05, 0) is 0 Å². The fourth-order valence-electron chi connectivity index (χ4n) is 2.91. The van der Waals surface area contributed by atoms with E-state index in [2.05, 4.69) is 0 Å². The zero-order valence-corrected chi connectivity index (χ0v) is 8.79. The van der Waals surface area contributed by atoms with Gasteiger partial charge in [0.15, 0.2) is 0 Å². The van der Waals surface area contributed by atoms with Crippen LogP contribution in [0.4, 0.5) is 0 Å². The molecule has 15 heavy (non-hydrogen) atoms. The molecule has 0 aromatic rings. The third-order valence-electron chi connectivity index (χ3n) is 3.80. The van der Waals surface area contributed by atoms with Crippen LogP contribution in [-0.2, 0) is 0 Å². The van der Waals surface area contributed by atoms with Crippen LogP contribution in [0.25, 0.3) is 0 Å². The van der Waals surface area contributed by atoms with Gasteiger partial charge in [-0.1, -0.05) is 0 Å². The SMILES string of the molecule is O[C@H]1[C@H](O)[C@@H](O)C[N+]2(CCCC2)C[C@H]1O. The molecule has 0 radical (unpaired) electrons. The number of nitrogens with zero attached hydrogens (tertiary/aromatic N) is 1. The lowest BCUT2D eigenvalue weighted by molar-refractivity contribution is -0.921. The van der Waals surface area contributed by atoms with Gasteiger partial charge in [-0.25, -0.2) is 0 Å². The summed E-state index contributed by atoms with van der Waals surface area (Å²) in [4.78, 5) is 0. The van der Waals surface area contributed by atoms with Crippen molar-refractivity contribution in [2.45, 2.75) is 37.3 Å². The molecular formula is C10H20NO4+. The van der Waals surface area contributed by atoms with E-state index >= 15 is 0 Å². The van der Waals surface area contributed by atoms with Crippen molar-refractivity contribution < 1.29 is 24.9 Å².